The molecule has 1 heterocycles. The van der Waals surface area contributed by atoms with E-state index in [4.69, 9.17) is 5.73 Å². The number of aldehydes is 1. The summed E-state index contributed by atoms with van der Waals surface area (Å²) in [5.74, 6) is 0. The smallest absolute Gasteiger partial charge is 0.280 e. The van der Waals surface area contributed by atoms with E-state index in [2.05, 4.69) is 20.7 Å². The maximum absolute atomic E-state index is 11.7. The van der Waals surface area contributed by atoms with E-state index < -0.39 is 16.3 Å². The van der Waals surface area contributed by atoms with Crippen molar-refractivity contribution in [3.63, 3.8) is 0 Å². The lowest BCUT2D eigenvalue weighted by Crippen LogP contribution is -2.30. The Balaban J connectivity index is 2.21. The Bertz CT molecular complexity index is 576. The van der Waals surface area contributed by atoms with Crippen LogP contribution in [0.1, 0.15) is 5.56 Å². The minimum atomic E-state index is -3.57. The van der Waals surface area contributed by atoms with E-state index in [9.17, 15) is 13.2 Å². The summed E-state index contributed by atoms with van der Waals surface area (Å²) in [5.41, 5.74) is 7.00. The average Bonchev–Trinajstić information content (AvgIpc) is 2.58. The quantitative estimate of drug-likeness (QED) is 0.612. The van der Waals surface area contributed by atoms with Gasteiger partial charge in [-0.25, -0.2) is 0 Å². The highest BCUT2D eigenvalue weighted by molar-refractivity contribution is 9.10. The van der Waals surface area contributed by atoms with Gasteiger partial charge in [-0.05, 0) is 17.7 Å². The van der Waals surface area contributed by atoms with Gasteiger partial charge in [0.25, 0.3) is 10.2 Å². The van der Waals surface area contributed by atoms with Crippen molar-refractivity contribution in [2.75, 3.05) is 12.3 Å². The first-order valence-electron chi connectivity index (χ1n) is 5.19. The first-order valence-corrected chi connectivity index (χ1v) is 7.42. The minimum Gasteiger partial charge on any atom is -0.399 e. The first-order chi connectivity index (χ1) is 8.42. The van der Waals surface area contributed by atoms with Gasteiger partial charge in [0.15, 0.2) is 0 Å². The molecular weight excluding hydrogens is 322 g/mol. The van der Waals surface area contributed by atoms with E-state index in [-0.39, 0.29) is 13.1 Å². The molecule has 1 atom stereocenters. The number of nitrogens with two attached hydrogens (primary N) is 1. The van der Waals surface area contributed by atoms with E-state index in [1.165, 1.54) is 4.31 Å². The third-order valence-corrected chi connectivity index (χ3v) is 4.93. The zero-order chi connectivity index (χ0) is 13.3. The van der Waals surface area contributed by atoms with Crippen LogP contribution in [0.15, 0.2) is 22.7 Å². The molecule has 18 heavy (non-hydrogen) atoms. The second-order valence-electron chi connectivity index (χ2n) is 4.01. The molecule has 1 fully saturated rings. The highest BCUT2D eigenvalue weighted by Crippen LogP contribution is 2.23. The monoisotopic (exact) mass is 333 g/mol. The van der Waals surface area contributed by atoms with Crippen molar-refractivity contribution in [1.29, 1.82) is 0 Å². The van der Waals surface area contributed by atoms with Crippen LogP contribution in [0.4, 0.5) is 5.69 Å². The van der Waals surface area contributed by atoms with E-state index in [1.54, 1.807) is 18.2 Å². The van der Waals surface area contributed by atoms with Gasteiger partial charge in [-0.3, -0.25) is 0 Å². The molecule has 0 spiro atoms. The van der Waals surface area contributed by atoms with Gasteiger partial charge in [0.1, 0.15) is 6.29 Å². The SMILES string of the molecule is Nc1ccc(CN2CC(C=O)NS2(=O)=O)c(Br)c1. The summed E-state index contributed by atoms with van der Waals surface area (Å²) in [4.78, 5) is 10.6. The Labute approximate surface area is 113 Å². The lowest BCUT2D eigenvalue weighted by Gasteiger charge is -2.14. The second-order valence-corrected chi connectivity index (χ2v) is 6.57. The molecule has 1 aliphatic heterocycles. The number of nitrogens with zero attached hydrogens (tertiary/aromatic N) is 1. The average molecular weight is 334 g/mol. The van der Waals surface area contributed by atoms with Gasteiger partial charge in [0.2, 0.25) is 0 Å². The number of carbonyl (C=O) groups excluding carboxylic acids is 1. The molecule has 1 unspecified atom stereocenters. The minimum absolute atomic E-state index is 0.142. The first kappa shape index (κ1) is 13.5. The van der Waals surface area contributed by atoms with Gasteiger partial charge in [-0.2, -0.15) is 17.4 Å². The summed E-state index contributed by atoms with van der Waals surface area (Å²) >= 11 is 3.33. The molecule has 8 heteroatoms. The van der Waals surface area contributed by atoms with Crippen LogP contribution in [0.5, 0.6) is 0 Å². The standard InChI is InChI=1S/C10H12BrN3O3S/c11-10-3-8(12)2-1-7(10)4-14-5-9(6-15)13-18(14,16)17/h1-3,6,9,13H,4-5,12H2. The highest BCUT2D eigenvalue weighted by atomic mass is 79.9. The molecule has 6 nitrogen and oxygen atoms in total. The number of hydrogen-bond donors (Lipinski definition) is 2. The largest absolute Gasteiger partial charge is 0.399 e. The number of hydrogen-bond acceptors (Lipinski definition) is 4. The molecule has 1 saturated heterocycles. The summed E-state index contributed by atoms with van der Waals surface area (Å²) in [6.07, 6.45) is 0.593. The molecule has 2 rings (SSSR count). The lowest BCUT2D eigenvalue weighted by atomic mass is 10.2. The summed E-state index contributed by atoms with van der Waals surface area (Å²) in [6, 6.07) is 4.49. The maximum atomic E-state index is 11.7. The molecule has 1 aromatic rings. The summed E-state index contributed by atoms with van der Waals surface area (Å²) in [6.45, 7) is 0.336. The number of nitrogens with one attached hydrogen (secondary N) is 1. The molecule has 1 aliphatic rings. The molecule has 0 radical (unpaired) electrons. The topological polar surface area (TPSA) is 92.5 Å². The van der Waals surface area contributed by atoms with Crippen LogP contribution in [-0.4, -0.2) is 31.6 Å². The predicted molar refractivity (Wildman–Crippen MR) is 70.9 cm³/mol. The predicted octanol–water partition coefficient (Wildman–Crippen LogP) is 0.249. The van der Waals surface area contributed by atoms with Crippen LogP contribution < -0.4 is 10.5 Å². The number of halogens is 1. The molecule has 0 amide bonds. The molecule has 0 bridgehead atoms. The zero-order valence-electron chi connectivity index (χ0n) is 9.34. The van der Waals surface area contributed by atoms with Crippen LogP contribution in [0.25, 0.3) is 0 Å². The summed E-state index contributed by atoms with van der Waals surface area (Å²) < 4.78 is 27.7. The Kier molecular flexibility index (Phi) is 3.71. The van der Waals surface area contributed by atoms with Crippen LogP contribution in [0, 0.1) is 0 Å². The fourth-order valence-electron chi connectivity index (χ4n) is 1.72. The number of anilines is 1. The molecule has 0 aromatic heterocycles. The van der Waals surface area contributed by atoms with E-state index in [0.717, 1.165) is 10.0 Å². The molecule has 0 aliphatic carbocycles. The Morgan fingerprint density at radius 3 is 2.83 bits per heavy atom. The van der Waals surface area contributed by atoms with Gasteiger partial charge in [-0.1, -0.05) is 22.0 Å². The van der Waals surface area contributed by atoms with Crippen molar-refractivity contribution >= 4 is 38.1 Å². The summed E-state index contributed by atoms with van der Waals surface area (Å²) in [5, 5.41) is 0. The highest BCUT2D eigenvalue weighted by Gasteiger charge is 2.35. The third kappa shape index (κ3) is 2.72. The Morgan fingerprint density at radius 1 is 1.56 bits per heavy atom. The summed E-state index contributed by atoms with van der Waals surface area (Å²) in [7, 11) is -3.57. The lowest BCUT2D eigenvalue weighted by molar-refractivity contribution is -0.109. The molecule has 0 saturated carbocycles. The zero-order valence-corrected chi connectivity index (χ0v) is 11.7. The van der Waals surface area contributed by atoms with Crippen molar-refractivity contribution in [3.8, 4) is 0 Å². The number of benzene rings is 1. The van der Waals surface area contributed by atoms with Gasteiger partial charge >= 0.3 is 0 Å². The van der Waals surface area contributed by atoms with Gasteiger partial charge in [0, 0.05) is 23.2 Å². The number of rotatable bonds is 3. The molecule has 3 N–H and O–H groups in total. The molecule has 98 valence electrons. The van der Waals surface area contributed by atoms with Crippen molar-refractivity contribution < 1.29 is 13.2 Å². The van der Waals surface area contributed by atoms with Crippen molar-refractivity contribution in [2.24, 2.45) is 0 Å². The Hall–Kier alpha value is -0.960. The van der Waals surface area contributed by atoms with Crippen LogP contribution in [-0.2, 0) is 21.5 Å². The van der Waals surface area contributed by atoms with Crippen LogP contribution in [0.3, 0.4) is 0 Å². The fourth-order valence-corrected chi connectivity index (χ4v) is 3.57. The molecule has 1 aromatic carbocycles. The molecular formula is C10H12BrN3O3S. The number of carbonyl (C=O) groups is 1. The van der Waals surface area contributed by atoms with Crippen LogP contribution >= 0.6 is 15.9 Å². The Morgan fingerprint density at radius 2 is 2.28 bits per heavy atom. The van der Waals surface area contributed by atoms with E-state index in [0.29, 0.717) is 12.0 Å². The van der Waals surface area contributed by atoms with E-state index in [1.807, 2.05) is 0 Å². The third-order valence-electron chi connectivity index (χ3n) is 2.63. The van der Waals surface area contributed by atoms with Gasteiger partial charge in [0.05, 0.1) is 6.04 Å². The van der Waals surface area contributed by atoms with Crippen molar-refractivity contribution in [2.45, 2.75) is 12.6 Å². The van der Waals surface area contributed by atoms with Crippen LogP contribution in [0.2, 0.25) is 0 Å². The number of nitrogen functional groups attached to an aromatic ring is 1. The van der Waals surface area contributed by atoms with Crippen molar-refractivity contribution in [3.05, 3.63) is 28.2 Å². The van der Waals surface area contributed by atoms with E-state index >= 15 is 0 Å². The normalized spacial score (nSPS) is 23.1. The van der Waals surface area contributed by atoms with Gasteiger partial charge in [-0.15, -0.1) is 0 Å². The van der Waals surface area contributed by atoms with Crippen molar-refractivity contribution in [1.82, 2.24) is 9.03 Å². The maximum Gasteiger partial charge on any atom is 0.280 e. The van der Waals surface area contributed by atoms with Gasteiger partial charge < -0.3 is 10.5 Å². The second kappa shape index (κ2) is 4.96. The fraction of sp³-hybridized carbons (Fsp3) is 0.300.